The fourth-order valence-electron chi connectivity index (χ4n) is 3.49. The Morgan fingerprint density at radius 1 is 1.10 bits per heavy atom. The van der Waals surface area contributed by atoms with Gasteiger partial charge in [0.05, 0.1) is 12.1 Å². The van der Waals surface area contributed by atoms with E-state index in [-0.39, 0.29) is 0 Å². The van der Waals surface area contributed by atoms with E-state index in [0.29, 0.717) is 0 Å². The first kappa shape index (κ1) is 21.6. The van der Waals surface area contributed by atoms with E-state index in [0.717, 1.165) is 58.5 Å². The molecule has 3 aromatic rings. The first-order valence-electron chi connectivity index (χ1n) is 10.2. The van der Waals surface area contributed by atoms with Crippen molar-refractivity contribution >= 4 is 26.8 Å². The van der Waals surface area contributed by atoms with Crippen molar-refractivity contribution < 1.29 is 4.74 Å². The maximum Gasteiger partial charge on any atom is 0.119 e. The third kappa shape index (κ3) is 5.94. The minimum absolute atomic E-state index is 0.766. The SMILES string of the molecule is C=CCN(C)CCCCCCOc1ccc(-c2nn(C)c3cc(Br)ccc23)cc1. The highest BCUT2D eigenvalue weighted by molar-refractivity contribution is 9.10. The van der Waals surface area contributed by atoms with Crippen LogP contribution in [0.4, 0.5) is 0 Å². The molecule has 0 N–H and O–H groups in total. The molecule has 0 aliphatic carbocycles. The van der Waals surface area contributed by atoms with Crippen molar-refractivity contribution in [1.82, 2.24) is 14.7 Å². The zero-order valence-corrected chi connectivity index (χ0v) is 19.0. The third-order valence-corrected chi connectivity index (χ3v) is 5.58. The molecule has 0 saturated heterocycles. The Labute approximate surface area is 182 Å². The Hall–Kier alpha value is -2.11. The Morgan fingerprint density at radius 3 is 2.62 bits per heavy atom. The van der Waals surface area contributed by atoms with Gasteiger partial charge in [0.1, 0.15) is 11.4 Å². The largest absolute Gasteiger partial charge is 0.494 e. The lowest BCUT2D eigenvalue weighted by molar-refractivity contribution is 0.300. The molecule has 2 aromatic carbocycles. The van der Waals surface area contributed by atoms with Crippen molar-refractivity contribution in [3.05, 3.63) is 59.6 Å². The number of nitrogens with zero attached hydrogens (tertiary/aromatic N) is 3. The summed E-state index contributed by atoms with van der Waals surface area (Å²) in [7, 11) is 4.12. The van der Waals surface area contributed by atoms with E-state index in [9.17, 15) is 0 Å². The van der Waals surface area contributed by atoms with Gasteiger partial charge in [-0.2, -0.15) is 5.10 Å². The summed E-state index contributed by atoms with van der Waals surface area (Å²) < 4.78 is 8.90. The molecular weight excluding hydrogens is 426 g/mol. The molecule has 29 heavy (non-hydrogen) atoms. The minimum atomic E-state index is 0.766. The molecule has 3 rings (SSSR count). The number of hydrogen-bond acceptors (Lipinski definition) is 3. The van der Waals surface area contributed by atoms with Gasteiger partial charge in [0.25, 0.3) is 0 Å². The highest BCUT2D eigenvalue weighted by Gasteiger charge is 2.11. The minimum Gasteiger partial charge on any atom is -0.494 e. The molecule has 0 spiro atoms. The maximum absolute atomic E-state index is 5.92. The zero-order chi connectivity index (χ0) is 20.6. The van der Waals surface area contributed by atoms with Crippen LogP contribution in [0.1, 0.15) is 25.7 Å². The number of fused-ring (bicyclic) bond motifs is 1. The van der Waals surface area contributed by atoms with Crippen molar-refractivity contribution in [2.75, 3.05) is 26.7 Å². The predicted molar refractivity (Wildman–Crippen MR) is 126 cm³/mol. The number of halogens is 1. The van der Waals surface area contributed by atoms with Gasteiger partial charge in [-0.25, -0.2) is 0 Å². The number of ether oxygens (including phenoxy) is 1. The number of aryl methyl sites for hydroxylation is 1. The van der Waals surface area contributed by atoms with E-state index in [1.807, 2.05) is 29.9 Å². The summed E-state index contributed by atoms with van der Waals surface area (Å²) in [6.45, 7) is 6.64. The standard InChI is InChI=1S/C24H30BrN3O/c1-4-15-27(2)16-7-5-6-8-17-29-21-12-9-19(10-13-21)24-22-14-11-20(25)18-23(22)28(3)26-24/h4,9-14,18H,1,5-8,15-17H2,2-3H3. The summed E-state index contributed by atoms with van der Waals surface area (Å²) in [6, 6.07) is 14.5. The number of hydrogen-bond donors (Lipinski definition) is 0. The van der Waals surface area contributed by atoms with Gasteiger partial charge in [-0.15, -0.1) is 6.58 Å². The highest BCUT2D eigenvalue weighted by Crippen LogP contribution is 2.30. The Morgan fingerprint density at radius 2 is 1.86 bits per heavy atom. The first-order chi connectivity index (χ1) is 14.1. The zero-order valence-electron chi connectivity index (χ0n) is 17.4. The number of unbranched alkanes of at least 4 members (excludes halogenated alkanes) is 3. The van der Waals surface area contributed by atoms with Crippen LogP contribution in [0.5, 0.6) is 5.75 Å². The van der Waals surface area contributed by atoms with Crippen LogP contribution in [0.3, 0.4) is 0 Å². The van der Waals surface area contributed by atoms with Crippen LogP contribution >= 0.6 is 15.9 Å². The second kappa shape index (κ2) is 10.6. The molecule has 0 aliphatic heterocycles. The Bertz CT molecular complexity index is 933. The monoisotopic (exact) mass is 455 g/mol. The van der Waals surface area contributed by atoms with Crippen LogP contribution in [0.15, 0.2) is 59.6 Å². The maximum atomic E-state index is 5.92. The Kier molecular flexibility index (Phi) is 7.90. The topological polar surface area (TPSA) is 30.3 Å². The van der Waals surface area contributed by atoms with E-state index in [1.165, 1.54) is 19.3 Å². The van der Waals surface area contributed by atoms with Gasteiger partial charge in [0.2, 0.25) is 0 Å². The number of aromatic nitrogens is 2. The summed E-state index contributed by atoms with van der Waals surface area (Å²) in [5, 5.41) is 5.86. The average molecular weight is 456 g/mol. The van der Waals surface area contributed by atoms with Gasteiger partial charge in [-0.05, 0) is 68.9 Å². The molecule has 0 saturated carbocycles. The molecule has 0 atom stereocenters. The van der Waals surface area contributed by atoms with Crippen LogP contribution in [0, 0.1) is 0 Å². The lowest BCUT2D eigenvalue weighted by Gasteiger charge is -2.13. The van der Waals surface area contributed by atoms with Crippen molar-refractivity contribution in [2.45, 2.75) is 25.7 Å². The lowest BCUT2D eigenvalue weighted by atomic mass is 10.1. The molecule has 1 heterocycles. The molecule has 154 valence electrons. The molecule has 0 unspecified atom stereocenters. The number of likely N-dealkylation sites (N-methyl/N-ethyl adjacent to an activating group) is 1. The van der Waals surface area contributed by atoms with E-state index < -0.39 is 0 Å². The van der Waals surface area contributed by atoms with Crippen LogP contribution < -0.4 is 4.74 Å². The average Bonchev–Trinajstić information content (AvgIpc) is 3.04. The summed E-state index contributed by atoms with van der Waals surface area (Å²) >= 11 is 3.53. The fourth-order valence-corrected chi connectivity index (χ4v) is 3.84. The van der Waals surface area contributed by atoms with Crippen LogP contribution in [-0.2, 0) is 7.05 Å². The second-order valence-corrected chi connectivity index (χ2v) is 8.39. The second-order valence-electron chi connectivity index (χ2n) is 7.47. The van der Waals surface area contributed by atoms with Gasteiger partial charge in [0, 0.05) is 29.0 Å². The molecule has 0 bridgehead atoms. The molecule has 0 amide bonds. The molecule has 1 aromatic heterocycles. The van der Waals surface area contributed by atoms with Crippen LogP contribution in [0.25, 0.3) is 22.2 Å². The normalized spacial score (nSPS) is 11.3. The van der Waals surface area contributed by atoms with E-state index in [4.69, 9.17) is 9.84 Å². The summed E-state index contributed by atoms with van der Waals surface area (Å²) in [6.07, 6.45) is 6.72. The van der Waals surface area contributed by atoms with Gasteiger partial charge in [-0.3, -0.25) is 4.68 Å². The predicted octanol–water partition coefficient (Wildman–Crippen LogP) is 6.06. The van der Waals surface area contributed by atoms with Crippen molar-refractivity contribution in [2.24, 2.45) is 7.05 Å². The molecule has 0 aliphatic rings. The van der Waals surface area contributed by atoms with Crippen molar-refractivity contribution in [3.63, 3.8) is 0 Å². The fraction of sp³-hybridized carbons (Fsp3) is 0.375. The molecule has 4 nitrogen and oxygen atoms in total. The number of rotatable bonds is 11. The molecular formula is C24H30BrN3O. The van der Waals surface area contributed by atoms with E-state index in [2.05, 4.69) is 64.8 Å². The van der Waals surface area contributed by atoms with E-state index in [1.54, 1.807) is 0 Å². The van der Waals surface area contributed by atoms with Gasteiger partial charge in [0.15, 0.2) is 0 Å². The van der Waals surface area contributed by atoms with Gasteiger partial charge >= 0.3 is 0 Å². The smallest absolute Gasteiger partial charge is 0.119 e. The van der Waals surface area contributed by atoms with Crippen molar-refractivity contribution in [3.8, 4) is 17.0 Å². The van der Waals surface area contributed by atoms with Crippen molar-refractivity contribution in [1.29, 1.82) is 0 Å². The molecule has 5 heteroatoms. The van der Waals surface area contributed by atoms with Gasteiger partial charge in [-0.1, -0.05) is 34.8 Å². The number of benzene rings is 2. The van der Waals surface area contributed by atoms with Gasteiger partial charge < -0.3 is 9.64 Å². The van der Waals surface area contributed by atoms with E-state index >= 15 is 0 Å². The third-order valence-electron chi connectivity index (χ3n) is 5.08. The molecule has 0 fully saturated rings. The molecule has 0 radical (unpaired) electrons. The summed E-state index contributed by atoms with van der Waals surface area (Å²) in [4.78, 5) is 2.30. The Balaban J connectivity index is 1.47. The quantitative estimate of drug-likeness (QED) is 0.260. The first-order valence-corrected chi connectivity index (χ1v) is 11.0. The lowest BCUT2D eigenvalue weighted by Crippen LogP contribution is -2.19. The summed E-state index contributed by atoms with van der Waals surface area (Å²) in [5.74, 6) is 0.919. The van der Waals surface area contributed by atoms with Crippen LogP contribution in [-0.4, -0.2) is 41.4 Å². The summed E-state index contributed by atoms with van der Waals surface area (Å²) in [5.41, 5.74) is 3.22. The highest BCUT2D eigenvalue weighted by atomic mass is 79.9. The van der Waals surface area contributed by atoms with Crippen LogP contribution in [0.2, 0.25) is 0 Å².